The number of aryl methyl sites for hydroxylation is 1. The number of hydrazone groups is 1. The van der Waals surface area contributed by atoms with Crippen molar-refractivity contribution in [2.45, 2.75) is 13.3 Å². The molecular weight excluding hydrogens is 374 g/mol. The number of rotatable bonds is 4. The first kappa shape index (κ1) is 17.7. The van der Waals surface area contributed by atoms with Crippen LogP contribution in [0.2, 0.25) is 0 Å². The highest BCUT2D eigenvalue weighted by atomic mass is 79.9. The molecule has 24 heavy (non-hydrogen) atoms. The van der Waals surface area contributed by atoms with Gasteiger partial charge in [-0.15, -0.1) is 0 Å². The Kier molecular flexibility index (Phi) is 6.08. The molecule has 0 saturated carbocycles. The van der Waals surface area contributed by atoms with Gasteiger partial charge in [0.1, 0.15) is 5.75 Å². The number of nitrogens with one attached hydrogen (secondary N) is 2. The Labute approximate surface area is 147 Å². The number of aromatic hydroxyl groups is 1. The van der Waals surface area contributed by atoms with E-state index in [0.29, 0.717) is 15.7 Å². The molecule has 124 valence electrons. The van der Waals surface area contributed by atoms with E-state index < -0.39 is 11.8 Å². The highest BCUT2D eigenvalue weighted by molar-refractivity contribution is 9.10. The molecule has 0 spiro atoms. The van der Waals surface area contributed by atoms with Gasteiger partial charge in [-0.05, 0) is 63.8 Å². The van der Waals surface area contributed by atoms with E-state index in [4.69, 9.17) is 0 Å². The zero-order valence-corrected chi connectivity index (χ0v) is 14.5. The minimum Gasteiger partial charge on any atom is -0.507 e. The maximum atomic E-state index is 11.8. The molecule has 2 aromatic carbocycles. The van der Waals surface area contributed by atoms with Crippen LogP contribution in [0.5, 0.6) is 5.75 Å². The summed E-state index contributed by atoms with van der Waals surface area (Å²) in [4.78, 5) is 23.5. The number of hydrogen-bond acceptors (Lipinski definition) is 4. The molecule has 0 aromatic heterocycles. The standard InChI is InChI=1S/C17H16BrN3O3/c1-2-11-3-6-13(7-4-11)20-16(23)17(24)21-19-10-12-5-8-15(22)14(18)9-12/h3-10,22H,2H2,1H3,(H,20,23)(H,21,24)/b19-10+. The molecule has 0 heterocycles. The molecule has 0 atom stereocenters. The van der Waals surface area contributed by atoms with Crippen LogP contribution in [-0.2, 0) is 16.0 Å². The number of carbonyl (C=O) groups excluding carboxylic acids is 2. The van der Waals surface area contributed by atoms with Crippen molar-refractivity contribution in [3.05, 3.63) is 58.1 Å². The lowest BCUT2D eigenvalue weighted by Crippen LogP contribution is -2.32. The van der Waals surface area contributed by atoms with Gasteiger partial charge in [0.2, 0.25) is 0 Å². The van der Waals surface area contributed by atoms with E-state index in [1.54, 1.807) is 24.3 Å². The summed E-state index contributed by atoms with van der Waals surface area (Å²) in [5.74, 6) is -1.57. The maximum absolute atomic E-state index is 11.8. The molecule has 2 rings (SSSR count). The van der Waals surface area contributed by atoms with Gasteiger partial charge in [-0.1, -0.05) is 19.1 Å². The molecular formula is C17H16BrN3O3. The summed E-state index contributed by atoms with van der Waals surface area (Å²) >= 11 is 3.17. The number of benzene rings is 2. The Hall–Kier alpha value is -2.67. The van der Waals surface area contributed by atoms with Crippen LogP contribution >= 0.6 is 15.9 Å². The fraction of sp³-hybridized carbons (Fsp3) is 0.118. The zero-order chi connectivity index (χ0) is 17.5. The molecule has 0 aliphatic rings. The maximum Gasteiger partial charge on any atom is 0.329 e. The van der Waals surface area contributed by atoms with Gasteiger partial charge in [-0.3, -0.25) is 9.59 Å². The lowest BCUT2D eigenvalue weighted by Gasteiger charge is -2.04. The number of phenols is 1. The third kappa shape index (κ3) is 4.92. The third-order valence-corrected chi connectivity index (χ3v) is 3.81. The number of phenolic OH excluding ortho intramolecular Hbond substituents is 1. The first-order valence-corrected chi connectivity index (χ1v) is 8.00. The minimum absolute atomic E-state index is 0.102. The first-order valence-electron chi connectivity index (χ1n) is 7.21. The fourth-order valence-electron chi connectivity index (χ4n) is 1.83. The first-order chi connectivity index (χ1) is 11.5. The average molecular weight is 390 g/mol. The van der Waals surface area contributed by atoms with Gasteiger partial charge >= 0.3 is 11.8 Å². The number of hydrogen-bond donors (Lipinski definition) is 3. The monoisotopic (exact) mass is 389 g/mol. The van der Waals surface area contributed by atoms with Gasteiger partial charge in [0, 0.05) is 5.69 Å². The molecule has 0 fully saturated rings. The Morgan fingerprint density at radius 3 is 2.50 bits per heavy atom. The van der Waals surface area contributed by atoms with Crippen LogP contribution in [0.1, 0.15) is 18.1 Å². The molecule has 2 aromatic rings. The van der Waals surface area contributed by atoms with E-state index >= 15 is 0 Å². The van der Waals surface area contributed by atoms with Gasteiger partial charge in [-0.25, -0.2) is 5.43 Å². The van der Waals surface area contributed by atoms with Crippen molar-refractivity contribution in [3.63, 3.8) is 0 Å². The van der Waals surface area contributed by atoms with Crippen molar-refractivity contribution in [1.82, 2.24) is 5.43 Å². The Morgan fingerprint density at radius 2 is 1.88 bits per heavy atom. The largest absolute Gasteiger partial charge is 0.507 e. The van der Waals surface area contributed by atoms with Crippen molar-refractivity contribution < 1.29 is 14.7 Å². The van der Waals surface area contributed by atoms with Crippen molar-refractivity contribution in [2.24, 2.45) is 5.10 Å². The quantitative estimate of drug-likeness (QED) is 0.426. The summed E-state index contributed by atoms with van der Waals surface area (Å²) in [7, 11) is 0. The normalized spacial score (nSPS) is 10.6. The highest BCUT2D eigenvalue weighted by Crippen LogP contribution is 2.23. The Balaban J connectivity index is 1.89. The lowest BCUT2D eigenvalue weighted by molar-refractivity contribution is -0.136. The second kappa shape index (κ2) is 8.26. The van der Waals surface area contributed by atoms with Crippen LogP contribution in [0, 0.1) is 0 Å². The summed E-state index contributed by atoms with van der Waals surface area (Å²) in [6.07, 6.45) is 2.27. The number of nitrogens with zero attached hydrogens (tertiary/aromatic N) is 1. The smallest absolute Gasteiger partial charge is 0.329 e. The van der Waals surface area contributed by atoms with Crippen molar-refractivity contribution in [1.29, 1.82) is 0 Å². The second-order valence-corrected chi connectivity index (χ2v) is 5.77. The zero-order valence-electron chi connectivity index (χ0n) is 12.9. The van der Waals surface area contributed by atoms with Crippen molar-refractivity contribution in [2.75, 3.05) is 5.32 Å². The SMILES string of the molecule is CCc1ccc(NC(=O)C(=O)N/N=C/c2ccc(O)c(Br)c2)cc1. The molecule has 7 heteroatoms. The summed E-state index contributed by atoms with van der Waals surface area (Å²) in [5, 5.41) is 15.6. The molecule has 0 saturated heterocycles. The average Bonchev–Trinajstić information content (AvgIpc) is 2.58. The van der Waals surface area contributed by atoms with E-state index in [9.17, 15) is 14.7 Å². The Bertz CT molecular complexity index is 773. The fourth-order valence-corrected chi connectivity index (χ4v) is 2.23. The number of halogens is 1. The summed E-state index contributed by atoms with van der Waals surface area (Å²) in [5.41, 5.74) is 4.48. The minimum atomic E-state index is -0.872. The highest BCUT2D eigenvalue weighted by Gasteiger charge is 2.12. The lowest BCUT2D eigenvalue weighted by atomic mass is 10.1. The number of anilines is 1. The van der Waals surface area contributed by atoms with Crippen LogP contribution in [0.25, 0.3) is 0 Å². The van der Waals surface area contributed by atoms with Gasteiger partial charge in [0.15, 0.2) is 0 Å². The van der Waals surface area contributed by atoms with E-state index in [1.807, 2.05) is 19.1 Å². The second-order valence-electron chi connectivity index (χ2n) is 4.91. The van der Waals surface area contributed by atoms with Crippen molar-refractivity contribution in [3.8, 4) is 5.75 Å². The summed E-state index contributed by atoms with van der Waals surface area (Å²) < 4.78 is 0.506. The predicted octanol–water partition coefficient (Wildman–Crippen LogP) is 2.81. The predicted molar refractivity (Wildman–Crippen MR) is 96.0 cm³/mol. The molecule has 0 aliphatic carbocycles. The molecule has 0 aliphatic heterocycles. The molecule has 3 N–H and O–H groups in total. The van der Waals surface area contributed by atoms with E-state index in [-0.39, 0.29) is 5.75 Å². The van der Waals surface area contributed by atoms with Crippen molar-refractivity contribution >= 4 is 39.6 Å². The summed E-state index contributed by atoms with van der Waals surface area (Å²) in [6.45, 7) is 2.03. The van der Waals surface area contributed by atoms with E-state index in [0.717, 1.165) is 12.0 Å². The molecule has 6 nitrogen and oxygen atoms in total. The third-order valence-electron chi connectivity index (χ3n) is 3.18. The Morgan fingerprint density at radius 1 is 1.17 bits per heavy atom. The topological polar surface area (TPSA) is 90.8 Å². The molecule has 0 unspecified atom stereocenters. The van der Waals surface area contributed by atoms with Gasteiger partial charge in [0.25, 0.3) is 0 Å². The van der Waals surface area contributed by atoms with Crippen LogP contribution in [-0.4, -0.2) is 23.1 Å². The van der Waals surface area contributed by atoms with Gasteiger partial charge in [-0.2, -0.15) is 5.10 Å². The van der Waals surface area contributed by atoms with Gasteiger partial charge < -0.3 is 10.4 Å². The van der Waals surface area contributed by atoms with Crippen LogP contribution in [0.3, 0.4) is 0 Å². The number of carbonyl (C=O) groups is 2. The van der Waals surface area contributed by atoms with E-state index in [2.05, 4.69) is 31.8 Å². The molecule has 0 radical (unpaired) electrons. The van der Waals surface area contributed by atoms with Crippen LogP contribution < -0.4 is 10.7 Å². The van der Waals surface area contributed by atoms with Crippen LogP contribution in [0.15, 0.2) is 52.0 Å². The number of amides is 2. The van der Waals surface area contributed by atoms with Crippen LogP contribution in [0.4, 0.5) is 5.69 Å². The summed E-state index contributed by atoms with van der Waals surface area (Å²) in [6, 6.07) is 12.0. The molecule has 0 bridgehead atoms. The van der Waals surface area contributed by atoms with Gasteiger partial charge in [0.05, 0.1) is 10.7 Å². The van der Waals surface area contributed by atoms with E-state index in [1.165, 1.54) is 12.3 Å². The molecule has 2 amide bonds.